The van der Waals surface area contributed by atoms with Gasteiger partial charge < -0.3 is 9.97 Å². The van der Waals surface area contributed by atoms with Crippen LogP contribution in [-0.4, -0.2) is 19.9 Å². The molecule has 240 valence electrons. The van der Waals surface area contributed by atoms with Crippen molar-refractivity contribution in [1.82, 2.24) is 19.9 Å². The maximum Gasteiger partial charge on any atom is 0.0801 e. The van der Waals surface area contributed by atoms with E-state index < -0.39 is 0 Å². The lowest BCUT2D eigenvalue weighted by atomic mass is 10.00. The zero-order valence-corrected chi connectivity index (χ0v) is 28.9. The van der Waals surface area contributed by atoms with Gasteiger partial charge in [0.2, 0.25) is 0 Å². The van der Waals surface area contributed by atoms with Gasteiger partial charge in [0.05, 0.1) is 32.8 Å². The Hall–Kier alpha value is -6.30. The first-order valence-corrected chi connectivity index (χ1v) is 17.8. The van der Waals surface area contributed by atoms with Gasteiger partial charge in [0, 0.05) is 33.2 Å². The molecule has 0 unspecified atom stereocenters. The number of H-pyrrole nitrogens is 2. The Morgan fingerprint density at radius 1 is 0.353 bits per heavy atom. The standard InChI is InChI=1S/C46H29BrN4/c47-46-41-24-22-39(50-41)44(33-16-14-28-8-4-6-12-31(28)26-33)37-20-18-35(48-37)43(30-10-2-1-3-11-30)36-19-21-38(49-36)45(40-23-25-42(46)51-40)34-17-15-29-9-5-7-13-32(29)27-34/h1-27,48,51H. The van der Waals surface area contributed by atoms with Gasteiger partial charge in [-0.25, -0.2) is 9.97 Å². The van der Waals surface area contributed by atoms with Crippen LogP contribution in [-0.2, 0) is 0 Å². The van der Waals surface area contributed by atoms with E-state index in [1.807, 2.05) is 0 Å². The summed E-state index contributed by atoms with van der Waals surface area (Å²) >= 11 is 3.93. The van der Waals surface area contributed by atoms with Crippen LogP contribution in [0.3, 0.4) is 0 Å². The van der Waals surface area contributed by atoms with E-state index in [1.54, 1.807) is 0 Å². The van der Waals surface area contributed by atoms with Crippen molar-refractivity contribution in [2.75, 3.05) is 0 Å². The number of nitrogens with one attached hydrogen (secondary N) is 2. The SMILES string of the molecule is Brc1c2nc(c(-c3ccc4ccccc4c3)c3ccc([nH]3)c(-c3ccccc3)c3nc(c(-c4ccc5ccccc5c4)c4ccc1[nH]4)C=C3)C=C2. The van der Waals surface area contributed by atoms with Gasteiger partial charge in [0.1, 0.15) is 0 Å². The third-order valence-electron chi connectivity index (χ3n) is 9.83. The number of halogens is 1. The second-order valence-electron chi connectivity index (χ2n) is 12.9. The molecule has 5 heterocycles. The molecule has 51 heavy (non-hydrogen) atoms. The van der Waals surface area contributed by atoms with Crippen molar-refractivity contribution in [2.45, 2.75) is 0 Å². The van der Waals surface area contributed by atoms with E-state index >= 15 is 0 Å². The summed E-state index contributed by atoms with van der Waals surface area (Å²) in [5.74, 6) is 0. The minimum atomic E-state index is 0.855. The summed E-state index contributed by atoms with van der Waals surface area (Å²) in [7, 11) is 0. The molecule has 0 fully saturated rings. The minimum Gasteiger partial charge on any atom is -0.354 e. The molecule has 8 bridgehead atoms. The summed E-state index contributed by atoms with van der Waals surface area (Å²) in [6.07, 6.45) is 8.48. The number of aromatic nitrogens is 4. The highest BCUT2D eigenvalue weighted by molar-refractivity contribution is 9.10. The van der Waals surface area contributed by atoms with Crippen molar-refractivity contribution in [3.05, 3.63) is 167 Å². The van der Waals surface area contributed by atoms with Gasteiger partial charge in [-0.3, -0.25) is 0 Å². The molecule has 3 aromatic heterocycles. The van der Waals surface area contributed by atoms with Crippen LogP contribution in [0.5, 0.6) is 0 Å². The van der Waals surface area contributed by atoms with E-state index in [2.05, 4.69) is 190 Å². The zero-order chi connectivity index (χ0) is 33.9. The van der Waals surface area contributed by atoms with Gasteiger partial charge in [0.25, 0.3) is 0 Å². The lowest BCUT2D eigenvalue weighted by Gasteiger charge is -2.07. The summed E-state index contributed by atoms with van der Waals surface area (Å²) < 4.78 is 0.894. The third kappa shape index (κ3) is 5.13. The van der Waals surface area contributed by atoms with Gasteiger partial charge in [-0.15, -0.1) is 0 Å². The van der Waals surface area contributed by atoms with Crippen LogP contribution in [0, 0.1) is 0 Å². The fourth-order valence-corrected chi connectivity index (χ4v) is 7.83. The maximum absolute atomic E-state index is 5.39. The van der Waals surface area contributed by atoms with E-state index in [0.717, 1.165) is 82.7 Å². The number of fused-ring (bicyclic) bond motifs is 10. The normalized spacial score (nSPS) is 12.3. The van der Waals surface area contributed by atoms with Crippen LogP contribution in [0.1, 0.15) is 22.8 Å². The Bertz CT molecular complexity index is 2850. The highest BCUT2D eigenvalue weighted by Crippen LogP contribution is 2.38. The number of nitrogens with zero attached hydrogens (tertiary/aromatic N) is 2. The number of rotatable bonds is 3. The Balaban J connectivity index is 1.34. The summed E-state index contributed by atoms with van der Waals surface area (Å²) in [4.78, 5) is 18.2. The maximum atomic E-state index is 5.39. The van der Waals surface area contributed by atoms with Gasteiger partial charge in [-0.05, 0) is 115 Å². The molecular weight excluding hydrogens is 688 g/mol. The highest BCUT2D eigenvalue weighted by atomic mass is 79.9. The van der Waals surface area contributed by atoms with Crippen LogP contribution in [0.2, 0.25) is 0 Å². The van der Waals surface area contributed by atoms with Gasteiger partial charge >= 0.3 is 0 Å². The average molecular weight is 718 g/mol. The smallest absolute Gasteiger partial charge is 0.0801 e. The Morgan fingerprint density at radius 2 is 0.765 bits per heavy atom. The van der Waals surface area contributed by atoms with Gasteiger partial charge in [-0.1, -0.05) is 103 Å². The fraction of sp³-hybridized carbons (Fsp3) is 0. The zero-order valence-electron chi connectivity index (χ0n) is 27.4. The third-order valence-corrected chi connectivity index (χ3v) is 10.7. The molecule has 0 radical (unpaired) electrons. The fourth-order valence-electron chi connectivity index (χ4n) is 7.38. The first-order valence-electron chi connectivity index (χ1n) is 17.0. The minimum absolute atomic E-state index is 0.855. The summed E-state index contributed by atoms with van der Waals surface area (Å²) in [6, 6.07) is 49.3. The Kier molecular flexibility index (Phi) is 6.93. The second-order valence-corrected chi connectivity index (χ2v) is 13.7. The molecule has 0 saturated heterocycles. The van der Waals surface area contributed by atoms with E-state index in [4.69, 9.17) is 9.97 Å². The molecule has 0 saturated carbocycles. The number of benzene rings is 5. The predicted molar refractivity (Wildman–Crippen MR) is 218 cm³/mol. The van der Waals surface area contributed by atoms with Gasteiger partial charge in [0.15, 0.2) is 0 Å². The van der Waals surface area contributed by atoms with E-state index in [-0.39, 0.29) is 0 Å². The molecule has 2 aliphatic rings. The molecule has 10 rings (SSSR count). The molecule has 5 aromatic carbocycles. The molecule has 5 heteroatoms. The van der Waals surface area contributed by atoms with Crippen LogP contribution < -0.4 is 0 Å². The van der Waals surface area contributed by atoms with Crippen LogP contribution in [0.4, 0.5) is 0 Å². The van der Waals surface area contributed by atoms with E-state index in [0.29, 0.717) is 0 Å². The van der Waals surface area contributed by atoms with Crippen molar-refractivity contribution in [3.8, 4) is 33.4 Å². The number of hydrogen-bond acceptors (Lipinski definition) is 2. The number of aromatic amines is 2. The van der Waals surface area contributed by atoms with Gasteiger partial charge in [-0.2, -0.15) is 0 Å². The van der Waals surface area contributed by atoms with Crippen molar-refractivity contribution in [1.29, 1.82) is 0 Å². The predicted octanol–water partition coefficient (Wildman–Crippen LogP) is 12.7. The average Bonchev–Trinajstić information content (AvgIpc) is 4.02. The molecule has 2 aliphatic heterocycles. The second kappa shape index (κ2) is 11.9. The molecule has 0 amide bonds. The summed E-state index contributed by atoms with van der Waals surface area (Å²) in [6.45, 7) is 0. The summed E-state index contributed by atoms with van der Waals surface area (Å²) in [5, 5.41) is 4.77. The van der Waals surface area contributed by atoms with Crippen LogP contribution in [0.25, 0.3) is 101 Å². The van der Waals surface area contributed by atoms with Crippen LogP contribution in [0.15, 0.2) is 144 Å². The molecular formula is C46H29BrN4. The first kappa shape index (κ1) is 29.6. The van der Waals surface area contributed by atoms with Crippen molar-refractivity contribution < 1.29 is 0 Å². The first-order chi connectivity index (χ1) is 25.2. The van der Waals surface area contributed by atoms with E-state index in [9.17, 15) is 0 Å². The highest BCUT2D eigenvalue weighted by Gasteiger charge is 2.18. The van der Waals surface area contributed by atoms with Crippen molar-refractivity contribution in [2.24, 2.45) is 0 Å². The summed E-state index contributed by atoms with van der Waals surface area (Å²) in [5.41, 5.74) is 13.8. The van der Waals surface area contributed by atoms with E-state index in [1.165, 1.54) is 21.5 Å². The Morgan fingerprint density at radius 3 is 1.31 bits per heavy atom. The lowest BCUT2D eigenvalue weighted by Crippen LogP contribution is -1.89. The molecule has 0 aliphatic carbocycles. The molecule has 0 spiro atoms. The lowest BCUT2D eigenvalue weighted by molar-refractivity contribution is 1.30. The molecule has 4 nitrogen and oxygen atoms in total. The van der Waals surface area contributed by atoms with Crippen molar-refractivity contribution in [3.63, 3.8) is 0 Å². The van der Waals surface area contributed by atoms with Crippen molar-refractivity contribution >= 4 is 83.8 Å². The quantitative estimate of drug-likeness (QED) is 0.191. The topological polar surface area (TPSA) is 57.4 Å². The molecule has 8 aromatic rings. The molecule has 0 atom stereocenters. The monoisotopic (exact) mass is 716 g/mol. The Labute approximate surface area is 302 Å². The molecule has 2 N–H and O–H groups in total. The number of hydrogen-bond donors (Lipinski definition) is 2. The largest absolute Gasteiger partial charge is 0.354 e. The van der Waals surface area contributed by atoms with Crippen LogP contribution >= 0.6 is 15.9 Å².